The molecule has 0 saturated heterocycles. The van der Waals surface area contributed by atoms with Crippen molar-refractivity contribution in [3.8, 4) is 0 Å². The molecule has 0 heterocycles. The molecule has 3 rings (SSSR count). The van der Waals surface area contributed by atoms with E-state index in [1.807, 2.05) is 25.1 Å². The van der Waals surface area contributed by atoms with Crippen molar-refractivity contribution in [2.75, 3.05) is 0 Å². The van der Waals surface area contributed by atoms with Gasteiger partial charge in [-0.15, -0.1) is 0 Å². The molecule has 0 spiro atoms. The van der Waals surface area contributed by atoms with Crippen molar-refractivity contribution >= 4 is 20.8 Å². The van der Waals surface area contributed by atoms with Crippen molar-refractivity contribution in [1.82, 2.24) is 4.72 Å². The summed E-state index contributed by atoms with van der Waals surface area (Å²) in [6.07, 6.45) is 5.35. The van der Waals surface area contributed by atoms with E-state index in [9.17, 15) is 8.42 Å². The first-order chi connectivity index (χ1) is 10.0. The molecule has 1 fully saturated rings. The van der Waals surface area contributed by atoms with E-state index in [4.69, 9.17) is 0 Å². The molecular weight excluding hydrogens is 282 g/mol. The summed E-state index contributed by atoms with van der Waals surface area (Å²) in [5, 5.41) is 2.04. The fourth-order valence-electron chi connectivity index (χ4n) is 3.02. The van der Waals surface area contributed by atoms with Gasteiger partial charge in [0.1, 0.15) is 0 Å². The van der Waals surface area contributed by atoms with Crippen LogP contribution >= 0.6 is 0 Å². The SMILES string of the molecule is Cc1ccc2cc(S(=O)(=O)NC3CCCCC3)ccc2c1. The van der Waals surface area contributed by atoms with Gasteiger partial charge in [-0.2, -0.15) is 0 Å². The van der Waals surface area contributed by atoms with Crippen molar-refractivity contribution in [1.29, 1.82) is 0 Å². The second-order valence-electron chi connectivity index (χ2n) is 5.97. The van der Waals surface area contributed by atoms with Crippen molar-refractivity contribution in [2.24, 2.45) is 0 Å². The molecule has 3 nitrogen and oxygen atoms in total. The molecule has 4 heteroatoms. The van der Waals surface area contributed by atoms with E-state index < -0.39 is 10.0 Å². The molecule has 112 valence electrons. The molecular formula is C17H21NO2S. The Bertz CT molecular complexity index is 746. The fourth-order valence-corrected chi connectivity index (χ4v) is 4.36. The third-order valence-electron chi connectivity index (χ3n) is 4.20. The Balaban J connectivity index is 1.89. The van der Waals surface area contributed by atoms with Crippen LogP contribution in [0.25, 0.3) is 10.8 Å². The Labute approximate surface area is 126 Å². The monoisotopic (exact) mass is 303 g/mol. The Kier molecular flexibility index (Phi) is 4.00. The Hall–Kier alpha value is -1.39. The standard InChI is InChI=1S/C17H21NO2S/c1-13-7-8-15-12-17(10-9-14(15)11-13)21(19,20)18-16-5-3-2-4-6-16/h7-12,16,18H,2-6H2,1H3. The first-order valence-electron chi connectivity index (χ1n) is 7.57. The first kappa shape index (κ1) is 14.5. The maximum atomic E-state index is 12.5. The van der Waals surface area contributed by atoms with Crippen LogP contribution < -0.4 is 4.72 Å². The van der Waals surface area contributed by atoms with Crippen molar-refractivity contribution in [2.45, 2.75) is 50.0 Å². The van der Waals surface area contributed by atoms with Gasteiger partial charge in [-0.3, -0.25) is 0 Å². The van der Waals surface area contributed by atoms with Crippen LogP contribution in [0.3, 0.4) is 0 Å². The van der Waals surface area contributed by atoms with Crippen molar-refractivity contribution in [3.05, 3.63) is 42.0 Å². The highest BCUT2D eigenvalue weighted by Gasteiger charge is 2.21. The highest BCUT2D eigenvalue weighted by atomic mass is 32.2. The normalized spacial score (nSPS) is 17.2. The highest BCUT2D eigenvalue weighted by Crippen LogP contribution is 2.23. The average Bonchev–Trinajstić information content (AvgIpc) is 2.47. The number of aryl methyl sites for hydroxylation is 1. The molecule has 1 N–H and O–H groups in total. The molecule has 1 aliphatic rings. The van der Waals surface area contributed by atoms with E-state index >= 15 is 0 Å². The minimum absolute atomic E-state index is 0.0949. The minimum Gasteiger partial charge on any atom is -0.208 e. The molecule has 0 bridgehead atoms. The van der Waals surface area contributed by atoms with Gasteiger partial charge in [0.2, 0.25) is 10.0 Å². The average molecular weight is 303 g/mol. The molecule has 2 aromatic carbocycles. The van der Waals surface area contributed by atoms with Crippen LogP contribution in [0.1, 0.15) is 37.7 Å². The van der Waals surface area contributed by atoms with E-state index in [0.29, 0.717) is 4.90 Å². The van der Waals surface area contributed by atoms with Gasteiger partial charge < -0.3 is 0 Å². The lowest BCUT2D eigenvalue weighted by molar-refractivity contribution is 0.412. The molecule has 0 aliphatic heterocycles. The maximum absolute atomic E-state index is 12.5. The molecule has 0 radical (unpaired) electrons. The fraction of sp³-hybridized carbons (Fsp3) is 0.412. The highest BCUT2D eigenvalue weighted by molar-refractivity contribution is 7.89. The zero-order chi connectivity index (χ0) is 14.9. The van der Waals surface area contributed by atoms with Crippen LogP contribution in [0.2, 0.25) is 0 Å². The Morgan fingerprint density at radius 1 is 0.952 bits per heavy atom. The number of hydrogen-bond donors (Lipinski definition) is 1. The van der Waals surface area contributed by atoms with Gasteiger partial charge in [-0.05, 0) is 42.7 Å². The Morgan fingerprint density at radius 3 is 2.38 bits per heavy atom. The maximum Gasteiger partial charge on any atom is 0.240 e. The summed E-state index contributed by atoms with van der Waals surface area (Å²) < 4.78 is 27.9. The summed E-state index contributed by atoms with van der Waals surface area (Å²) in [5.74, 6) is 0. The van der Waals surface area contributed by atoms with Gasteiger partial charge in [0.05, 0.1) is 4.90 Å². The topological polar surface area (TPSA) is 46.2 Å². The number of rotatable bonds is 3. The molecule has 0 amide bonds. The predicted octanol–water partition coefficient (Wildman–Crippen LogP) is 3.76. The van der Waals surface area contributed by atoms with E-state index in [0.717, 1.165) is 36.5 Å². The molecule has 0 atom stereocenters. The molecule has 21 heavy (non-hydrogen) atoms. The van der Waals surface area contributed by atoms with Gasteiger partial charge in [-0.25, -0.2) is 13.1 Å². The van der Waals surface area contributed by atoms with Crippen LogP contribution in [-0.2, 0) is 10.0 Å². The zero-order valence-electron chi connectivity index (χ0n) is 12.3. The molecule has 0 unspecified atom stereocenters. The quantitative estimate of drug-likeness (QED) is 0.938. The predicted molar refractivity (Wildman–Crippen MR) is 85.9 cm³/mol. The van der Waals surface area contributed by atoms with E-state index in [1.165, 1.54) is 12.0 Å². The van der Waals surface area contributed by atoms with E-state index in [1.54, 1.807) is 12.1 Å². The lowest BCUT2D eigenvalue weighted by atomic mass is 9.96. The minimum atomic E-state index is -3.41. The number of benzene rings is 2. The summed E-state index contributed by atoms with van der Waals surface area (Å²) >= 11 is 0. The van der Waals surface area contributed by atoms with Crippen LogP contribution in [0.15, 0.2) is 41.3 Å². The van der Waals surface area contributed by atoms with E-state index in [-0.39, 0.29) is 6.04 Å². The molecule has 1 saturated carbocycles. The largest absolute Gasteiger partial charge is 0.240 e. The number of nitrogens with one attached hydrogen (secondary N) is 1. The van der Waals surface area contributed by atoms with Gasteiger partial charge >= 0.3 is 0 Å². The number of fused-ring (bicyclic) bond motifs is 1. The third-order valence-corrected chi connectivity index (χ3v) is 5.72. The van der Waals surface area contributed by atoms with E-state index in [2.05, 4.69) is 10.8 Å². The van der Waals surface area contributed by atoms with Crippen LogP contribution in [0.4, 0.5) is 0 Å². The molecule has 1 aliphatic carbocycles. The van der Waals surface area contributed by atoms with Crippen LogP contribution in [0.5, 0.6) is 0 Å². The lowest BCUT2D eigenvalue weighted by Crippen LogP contribution is -2.36. The third kappa shape index (κ3) is 3.27. The van der Waals surface area contributed by atoms with Crippen molar-refractivity contribution < 1.29 is 8.42 Å². The summed E-state index contributed by atoms with van der Waals surface area (Å²) in [6, 6.07) is 11.5. The second-order valence-corrected chi connectivity index (χ2v) is 7.68. The van der Waals surface area contributed by atoms with Gasteiger partial charge in [0, 0.05) is 6.04 Å². The summed E-state index contributed by atoms with van der Waals surface area (Å²) in [4.78, 5) is 0.365. The first-order valence-corrected chi connectivity index (χ1v) is 9.06. The summed E-state index contributed by atoms with van der Waals surface area (Å²) in [6.45, 7) is 2.04. The number of hydrogen-bond acceptors (Lipinski definition) is 2. The summed E-state index contributed by atoms with van der Waals surface area (Å²) in [5.41, 5.74) is 1.18. The van der Waals surface area contributed by atoms with Crippen molar-refractivity contribution in [3.63, 3.8) is 0 Å². The molecule has 2 aromatic rings. The van der Waals surface area contributed by atoms with Gasteiger partial charge in [0.15, 0.2) is 0 Å². The van der Waals surface area contributed by atoms with Gasteiger partial charge in [-0.1, -0.05) is 49.1 Å². The Morgan fingerprint density at radius 2 is 1.62 bits per heavy atom. The lowest BCUT2D eigenvalue weighted by Gasteiger charge is -2.22. The molecule has 0 aromatic heterocycles. The zero-order valence-corrected chi connectivity index (χ0v) is 13.1. The second kappa shape index (κ2) is 5.78. The number of sulfonamides is 1. The summed E-state index contributed by atoms with van der Waals surface area (Å²) in [7, 11) is -3.41. The smallest absolute Gasteiger partial charge is 0.208 e. The van der Waals surface area contributed by atoms with Crippen LogP contribution in [0, 0.1) is 6.92 Å². The van der Waals surface area contributed by atoms with Crippen LogP contribution in [-0.4, -0.2) is 14.5 Å². The van der Waals surface area contributed by atoms with Gasteiger partial charge in [0.25, 0.3) is 0 Å².